The number of phosphoric ester groups is 1. The summed E-state index contributed by atoms with van der Waals surface area (Å²) in [5.74, 6) is -2.10. The van der Waals surface area contributed by atoms with E-state index in [9.17, 15) is 24.2 Å². The molecule has 3 atom stereocenters. The van der Waals surface area contributed by atoms with Gasteiger partial charge in [0.1, 0.15) is 6.10 Å². The number of unbranched alkanes of at least 4 members (excludes halogenated alkanes) is 2. The van der Waals surface area contributed by atoms with Crippen LogP contribution in [-0.4, -0.2) is 70.7 Å². The van der Waals surface area contributed by atoms with Crippen LogP contribution in [0.2, 0.25) is 0 Å². The highest BCUT2D eigenvalue weighted by Crippen LogP contribution is 2.44. The molecular weight excluding hydrogens is 361 g/mol. The Morgan fingerprint density at radius 2 is 1.76 bits per heavy atom. The molecule has 0 aliphatic carbocycles. The molecule has 0 aliphatic rings. The van der Waals surface area contributed by atoms with Gasteiger partial charge >= 0.3 is 19.8 Å². The smallest absolute Gasteiger partial charge is 0.472 e. The third kappa shape index (κ3) is 14.9. The Bertz CT molecular complexity index is 447. The lowest BCUT2D eigenvalue weighted by molar-refractivity contribution is -0.139. The summed E-state index contributed by atoms with van der Waals surface area (Å²) in [6.07, 6.45) is -1.01. The van der Waals surface area contributed by atoms with E-state index < -0.39 is 45.0 Å². The highest BCUT2D eigenvalue weighted by molar-refractivity contribution is 7.47. The van der Waals surface area contributed by atoms with E-state index in [0.717, 1.165) is 0 Å². The Balaban J connectivity index is 3.87. The van der Waals surface area contributed by atoms with E-state index in [2.05, 4.69) is 9.05 Å². The zero-order valence-corrected chi connectivity index (χ0v) is 14.7. The minimum atomic E-state index is -4.55. The molecule has 0 aromatic heterocycles. The van der Waals surface area contributed by atoms with Gasteiger partial charge in [-0.2, -0.15) is 0 Å². The average Bonchev–Trinajstić information content (AvgIpc) is 2.50. The van der Waals surface area contributed by atoms with Crippen molar-refractivity contribution in [2.75, 3.05) is 26.4 Å². The SMILES string of the molecule is NCC(CC(=O)O)OP(=O)(O)OC[C@H](O)COCCCCCC(=O)O. The van der Waals surface area contributed by atoms with Crippen molar-refractivity contribution >= 4 is 19.8 Å². The number of hydrogen-bond acceptors (Lipinski definition) is 8. The Hall–Kier alpha value is -1.07. The number of carbonyl (C=O) groups is 2. The van der Waals surface area contributed by atoms with E-state index in [1.165, 1.54) is 0 Å². The summed E-state index contributed by atoms with van der Waals surface area (Å²) in [7, 11) is -4.55. The molecule has 0 saturated carbocycles. The van der Waals surface area contributed by atoms with Crippen LogP contribution in [0, 0.1) is 0 Å². The quantitative estimate of drug-likeness (QED) is 0.176. The first-order valence-electron chi connectivity index (χ1n) is 7.71. The molecule has 0 aromatic carbocycles. The van der Waals surface area contributed by atoms with Crippen molar-refractivity contribution < 1.29 is 48.2 Å². The molecule has 11 nitrogen and oxygen atoms in total. The van der Waals surface area contributed by atoms with Gasteiger partial charge in [0.25, 0.3) is 0 Å². The van der Waals surface area contributed by atoms with E-state index >= 15 is 0 Å². The third-order valence-electron chi connectivity index (χ3n) is 2.87. The zero-order valence-electron chi connectivity index (χ0n) is 13.8. The first kappa shape index (κ1) is 23.9. The van der Waals surface area contributed by atoms with Crippen molar-refractivity contribution in [3.05, 3.63) is 0 Å². The maximum absolute atomic E-state index is 11.6. The molecule has 0 aromatic rings. The highest BCUT2D eigenvalue weighted by Gasteiger charge is 2.28. The Labute approximate surface area is 145 Å². The lowest BCUT2D eigenvalue weighted by atomic mass is 10.2. The first-order chi connectivity index (χ1) is 11.7. The second-order valence-corrected chi connectivity index (χ2v) is 6.66. The third-order valence-corrected chi connectivity index (χ3v) is 3.91. The van der Waals surface area contributed by atoms with Crippen LogP contribution in [-0.2, 0) is 27.9 Å². The lowest BCUT2D eigenvalue weighted by Gasteiger charge is -2.19. The van der Waals surface area contributed by atoms with Gasteiger partial charge in [0.2, 0.25) is 0 Å². The molecule has 0 aliphatic heterocycles. The molecule has 25 heavy (non-hydrogen) atoms. The van der Waals surface area contributed by atoms with Crippen molar-refractivity contribution in [2.45, 2.75) is 44.3 Å². The molecule has 6 N–H and O–H groups in total. The van der Waals surface area contributed by atoms with Gasteiger partial charge in [-0.25, -0.2) is 4.57 Å². The van der Waals surface area contributed by atoms with Gasteiger partial charge in [-0.05, 0) is 12.8 Å². The molecule has 0 rings (SSSR count). The molecule has 0 heterocycles. The number of aliphatic carboxylic acids is 2. The number of phosphoric acid groups is 1. The van der Waals surface area contributed by atoms with Crippen LogP contribution in [0.1, 0.15) is 32.1 Å². The predicted molar refractivity (Wildman–Crippen MR) is 84.9 cm³/mol. The summed E-state index contributed by atoms with van der Waals surface area (Å²) in [6.45, 7) is -0.670. The second kappa shape index (κ2) is 13.2. The fourth-order valence-corrected chi connectivity index (χ4v) is 2.64. The number of carboxylic acid groups (broad SMARTS) is 2. The predicted octanol–water partition coefficient (Wildman–Crippen LogP) is -0.0555. The normalized spacial score (nSPS) is 16.1. The monoisotopic (exact) mass is 387 g/mol. The largest absolute Gasteiger partial charge is 0.481 e. The van der Waals surface area contributed by atoms with Crippen molar-refractivity contribution in [1.82, 2.24) is 0 Å². The molecule has 12 heteroatoms. The van der Waals surface area contributed by atoms with Crippen molar-refractivity contribution in [3.63, 3.8) is 0 Å². The summed E-state index contributed by atoms with van der Waals surface area (Å²) in [5, 5.41) is 26.6. The zero-order chi connectivity index (χ0) is 19.3. The van der Waals surface area contributed by atoms with E-state index in [1.807, 2.05) is 0 Å². The van der Waals surface area contributed by atoms with E-state index in [-0.39, 0.29) is 19.6 Å². The lowest BCUT2D eigenvalue weighted by Crippen LogP contribution is -2.27. The standard InChI is InChI=1S/C13H26NO10P/c14-7-11(6-13(18)19)24-25(20,21)23-9-10(15)8-22-5-3-1-2-4-12(16)17/h10-11,15H,1-9,14H2,(H,16,17)(H,18,19)(H,20,21)/t10-,11?/m1/s1. The molecule has 0 spiro atoms. The van der Waals surface area contributed by atoms with E-state index in [1.54, 1.807) is 0 Å². The number of nitrogens with two attached hydrogens (primary N) is 1. The highest BCUT2D eigenvalue weighted by atomic mass is 31.2. The van der Waals surface area contributed by atoms with Gasteiger partial charge in [-0.3, -0.25) is 18.6 Å². The number of carboxylic acids is 2. The van der Waals surface area contributed by atoms with Crippen LogP contribution in [0.3, 0.4) is 0 Å². The summed E-state index contributed by atoms with van der Waals surface area (Å²) < 4.78 is 26.0. The summed E-state index contributed by atoms with van der Waals surface area (Å²) in [6, 6.07) is 0. The topological polar surface area (TPSA) is 186 Å². The molecule has 0 saturated heterocycles. The molecular formula is C13H26NO10P. The Morgan fingerprint density at radius 1 is 1.08 bits per heavy atom. The molecule has 0 radical (unpaired) electrons. The van der Waals surface area contributed by atoms with Gasteiger partial charge in [-0.15, -0.1) is 0 Å². The van der Waals surface area contributed by atoms with Crippen molar-refractivity contribution in [2.24, 2.45) is 5.73 Å². The van der Waals surface area contributed by atoms with Gasteiger partial charge in [0, 0.05) is 19.6 Å². The Kier molecular flexibility index (Phi) is 12.6. The van der Waals surface area contributed by atoms with Gasteiger partial charge in [0.15, 0.2) is 0 Å². The molecule has 0 bridgehead atoms. The summed E-state index contributed by atoms with van der Waals surface area (Å²) in [4.78, 5) is 30.3. The first-order valence-corrected chi connectivity index (χ1v) is 9.21. The number of ether oxygens (including phenoxy) is 1. The minimum Gasteiger partial charge on any atom is -0.481 e. The maximum Gasteiger partial charge on any atom is 0.472 e. The average molecular weight is 387 g/mol. The molecule has 0 fully saturated rings. The summed E-state index contributed by atoms with van der Waals surface area (Å²) >= 11 is 0. The second-order valence-electron chi connectivity index (χ2n) is 5.26. The fourth-order valence-electron chi connectivity index (χ4n) is 1.68. The van der Waals surface area contributed by atoms with Crippen LogP contribution in [0.5, 0.6) is 0 Å². The van der Waals surface area contributed by atoms with Crippen LogP contribution in [0.25, 0.3) is 0 Å². The number of aliphatic hydroxyl groups excluding tert-OH is 1. The number of hydrogen-bond donors (Lipinski definition) is 5. The van der Waals surface area contributed by atoms with Gasteiger partial charge < -0.3 is 30.7 Å². The van der Waals surface area contributed by atoms with Crippen LogP contribution in [0.4, 0.5) is 0 Å². The minimum absolute atomic E-state index is 0.0912. The van der Waals surface area contributed by atoms with Gasteiger partial charge in [0.05, 0.1) is 25.7 Å². The number of aliphatic hydroxyl groups is 1. The maximum atomic E-state index is 11.6. The number of rotatable bonds is 16. The van der Waals surface area contributed by atoms with Gasteiger partial charge in [-0.1, -0.05) is 6.42 Å². The van der Waals surface area contributed by atoms with Crippen molar-refractivity contribution in [3.8, 4) is 0 Å². The van der Waals surface area contributed by atoms with Crippen LogP contribution in [0.15, 0.2) is 0 Å². The van der Waals surface area contributed by atoms with Crippen LogP contribution >= 0.6 is 7.82 Å². The van der Waals surface area contributed by atoms with E-state index in [0.29, 0.717) is 25.9 Å². The molecule has 2 unspecified atom stereocenters. The van der Waals surface area contributed by atoms with E-state index in [4.69, 9.17) is 20.7 Å². The molecule has 148 valence electrons. The molecule has 0 amide bonds. The summed E-state index contributed by atoms with van der Waals surface area (Å²) in [5.41, 5.74) is 5.24. The van der Waals surface area contributed by atoms with Crippen LogP contribution < -0.4 is 5.73 Å². The Morgan fingerprint density at radius 3 is 2.32 bits per heavy atom. The van der Waals surface area contributed by atoms with Crippen molar-refractivity contribution in [1.29, 1.82) is 0 Å². The fraction of sp³-hybridized carbons (Fsp3) is 0.846.